The fourth-order valence-corrected chi connectivity index (χ4v) is 4.81. The molecule has 1 heterocycles. The van der Waals surface area contributed by atoms with Crippen LogP contribution < -0.4 is 0 Å². The number of thioether (sulfide) groups is 1. The second kappa shape index (κ2) is 5.87. The molecule has 0 N–H and O–H groups in total. The number of unbranched alkanes of at least 4 members (excludes halogenated alkanes) is 1. The molecule has 2 rings (SSSR count). The second-order valence-electron chi connectivity index (χ2n) is 4.30. The van der Waals surface area contributed by atoms with Crippen LogP contribution in [-0.2, 0) is 12.8 Å². The molecular formula is C12H17NO2S2. The summed E-state index contributed by atoms with van der Waals surface area (Å²) >= 11 is 3.10. The molecule has 0 saturated heterocycles. The highest BCUT2D eigenvalue weighted by molar-refractivity contribution is 7.99. The summed E-state index contributed by atoms with van der Waals surface area (Å²) in [6, 6.07) is 0. The smallest absolute Gasteiger partial charge is 0.258 e. The lowest BCUT2D eigenvalue weighted by atomic mass is 9.99. The number of rotatable bonds is 5. The summed E-state index contributed by atoms with van der Waals surface area (Å²) in [7, 11) is 0. The topological polar surface area (TPSA) is 43.1 Å². The largest absolute Gasteiger partial charge is 0.338 e. The highest BCUT2D eigenvalue weighted by Gasteiger charge is 2.27. The van der Waals surface area contributed by atoms with Crippen LogP contribution >= 0.6 is 23.1 Å². The molecular weight excluding hydrogens is 254 g/mol. The van der Waals surface area contributed by atoms with E-state index < -0.39 is 0 Å². The highest BCUT2D eigenvalue weighted by atomic mass is 32.2. The van der Waals surface area contributed by atoms with Gasteiger partial charge in [0.15, 0.2) is 0 Å². The Morgan fingerprint density at radius 3 is 2.88 bits per heavy atom. The third-order valence-electron chi connectivity index (χ3n) is 3.02. The quantitative estimate of drug-likeness (QED) is 0.344. The van der Waals surface area contributed by atoms with Crippen molar-refractivity contribution in [1.29, 1.82) is 0 Å². The first-order valence-electron chi connectivity index (χ1n) is 6.15. The van der Waals surface area contributed by atoms with Gasteiger partial charge in [0.2, 0.25) is 0 Å². The monoisotopic (exact) mass is 271 g/mol. The molecule has 94 valence electrons. The van der Waals surface area contributed by atoms with Crippen LogP contribution in [0.4, 0.5) is 5.00 Å². The van der Waals surface area contributed by atoms with Gasteiger partial charge >= 0.3 is 5.00 Å². The molecule has 0 bridgehead atoms. The van der Waals surface area contributed by atoms with Crippen LogP contribution in [0.2, 0.25) is 0 Å². The van der Waals surface area contributed by atoms with Gasteiger partial charge in [-0.25, -0.2) is 0 Å². The highest BCUT2D eigenvalue weighted by Crippen LogP contribution is 2.44. The second-order valence-corrected chi connectivity index (χ2v) is 6.49. The van der Waals surface area contributed by atoms with Crippen LogP contribution in [0.1, 0.15) is 43.0 Å². The number of hydrogen-bond donors (Lipinski definition) is 0. The number of aryl methyl sites for hydroxylation is 1. The third kappa shape index (κ3) is 2.83. The molecule has 0 aromatic carbocycles. The molecule has 0 saturated carbocycles. The molecule has 1 aromatic rings. The minimum absolute atomic E-state index is 0.197. The van der Waals surface area contributed by atoms with Crippen molar-refractivity contribution in [3.63, 3.8) is 0 Å². The van der Waals surface area contributed by atoms with Gasteiger partial charge in [-0.2, -0.15) is 0 Å². The van der Waals surface area contributed by atoms with Crippen molar-refractivity contribution in [1.82, 2.24) is 0 Å². The van der Waals surface area contributed by atoms with Gasteiger partial charge in [-0.05, 0) is 43.4 Å². The van der Waals surface area contributed by atoms with Crippen molar-refractivity contribution in [2.75, 3.05) is 5.75 Å². The molecule has 0 atom stereocenters. The molecule has 0 radical (unpaired) electrons. The summed E-state index contributed by atoms with van der Waals surface area (Å²) in [5, 5.41) is 11.5. The summed E-state index contributed by atoms with van der Waals surface area (Å²) in [5.41, 5.74) is 1.29. The molecule has 1 aromatic heterocycles. The molecule has 1 aliphatic carbocycles. The summed E-state index contributed by atoms with van der Waals surface area (Å²) in [4.78, 5) is 13.1. The molecule has 0 unspecified atom stereocenters. The van der Waals surface area contributed by atoms with E-state index >= 15 is 0 Å². The zero-order chi connectivity index (χ0) is 12.3. The Balaban J connectivity index is 2.25. The van der Waals surface area contributed by atoms with E-state index in [0.717, 1.165) is 36.3 Å². The van der Waals surface area contributed by atoms with Gasteiger partial charge in [-0.15, -0.1) is 11.8 Å². The molecule has 3 nitrogen and oxygen atoms in total. The van der Waals surface area contributed by atoms with E-state index in [0.29, 0.717) is 5.00 Å². The standard InChI is InChI=1S/C12H17NO2S2/c1-2-3-8-16-11-9-6-4-5-7-10(9)17-12(11)13(14)15/h2-8H2,1H3. The number of thiophene rings is 1. The fourth-order valence-electron chi connectivity index (χ4n) is 2.11. The first-order valence-corrected chi connectivity index (χ1v) is 7.96. The number of nitro groups is 1. The van der Waals surface area contributed by atoms with Crippen LogP contribution in [0.5, 0.6) is 0 Å². The van der Waals surface area contributed by atoms with Crippen LogP contribution in [-0.4, -0.2) is 10.7 Å². The summed E-state index contributed by atoms with van der Waals surface area (Å²) in [6.45, 7) is 2.15. The lowest BCUT2D eigenvalue weighted by molar-refractivity contribution is -0.382. The fraction of sp³-hybridized carbons (Fsp3) is 0.667. The van der Waals surface area contributed by atoms with Crippen LogP contribution in [0.3, 0.4) is 0 Å². The first-order chi connectivity index (χ1) is 8.24. The van der Waals surface area contributed by atoms with Crippen molar-refractivity contribution in [3.05, 3.63) is 20.6 Å². The number of hydrogen-bond acceptors (Lipinski definition) is 4. The molecule has 17 heavy (non-hydrogen) atoms. The van der Waals surface area contributed by atoms with E-state index in [1.165, 1.54) is 34.6 Å². The van der Waals surface area contributed by atoms with Gasteiger partial charge in [-0.1, -0.05) is 24.7 Å². The zero-order valence-electron chi connectivity index (χ0n) is 10.0. The number of fused-ring (bicyclic) bond motifs is 1. The normalized spacial score (nSPS) is 14.6. The van der Waals surface area contributed by atoms with Crippen LogP contribution in [0, 0.1) is 10.1 Å². The van der Waals surface area contributed by atoms with Gasteiger partial charge in [-0.3, -0.25) is 10.1 Å². The molecule has 0 fully saturated rings. The maximum absolute atomic E-state index is 11.1. The van der Waals surface area contributed by atoms with Crippen LogP contribution in [0.15, 0.2) is 4.90 Å². The van der Waals surface area contributed by atoms with Gasteiger partial charge in [0.05, 0.1) is 4.92 Å². The minimum Gasteiger partial charge on any atom is -0.258 e. The Morgan fingerprint density at radius 2 is 2.18 bits per heavy atom. The van der Waals surface area contributed by atoms with Crippen LogP contribution in [0.25, 0.3) is 0 Å². The van der Waals surface area contributed by atoms with E-state index in [1.807, 2.05) is 0 Å². The maximum Gasteiger partial charge on any atom is 0.338 e. The van der Waals surface area contributed by atoms with E-state index in [-0.39, 0.29) is 4.92 Å². The Kier molecular flexibility index (Phi) is 4.45. The molecule has 1 aliphatic rings. The predicted molar refractivity (Wildman–Crippen MR) is 73.2 cm³/mol. The van der Waals surface area contributed by atoms with Gasteiger partial charge in [0.1, 0.15) is 4.90 Å². The van der Waals surface area contributed by atoms with Crippen molar-refractivity contribution >= 4 is 28.1 Å². The summed E-state index contributed by atoms with van der Waals surface area (Å²) in [6.07, 6.45) is 6.72. The Labute approximate surface area is 110 Å². The molecule has 0 aliphatic heterocycles. The van der Waals surface area contributed by atoms with Gasteiger partial charge in [0, 0.05) is 4.88 Å². The zero-order valence-corrected chi connectivity index (χ0v) is 11.7. The predicted octanol–water partition coefficient (Wildman–Crippen LogP) is 4.43. The Bertz CT molecular complexity index is 415. The minimum atomic E-state index is -0.197. The summed E-state index contributed by atoms with van der Waals surface area (Å²) in [5.74, 6) is 1.00. The third-order valence-corrected chi connectivity index (χ3v) is 5.61. The van der Waals surface area contributed by atoms with Gasteiger partial charge in [0.25, 0.3) is 0 Å². The maximum atomic E-state index is 11.1. The van der Waals surface area contributed by atoms with Gasteiger partial charge < -0.3 is 0 Å². The molecule has 0 spiro atoms. The Hall–Kier alpha value is -0.550. The summed E-state index contributed by atoms with van der Waals surface area (Å²) < 4.78 is 0. The van der Waals surface area contributed by atoms with Crippen molar-refractivity contribution < 1.29 is 4.92 Å². The van der Waals surface area contributed by atoms with Crippen molar-refractivity contribution in [2.45, 2.75) is 50.3 Å². The number of nitrogens with zero attached hydrogens (tertiary/aromatic N) is 1. The molecule has 5 heteroatoms. The van der Waals surface area contributed by atoms with E-state index in [1.54, 1.807) is 11.8 Å². The average Bonchev–Trinajstić information content (AvgIpc) is 2.69. The SMILES string of the molecule is CCCCSc1c([N+](=O)[O-])sc2c1CCCC2. The van der Waals surface area contributed by atoms with Crippen molar-refractivity contribution in [3.8, 4) is 0 Å². The molecule has 0 amide bonds. The first kappa shape index (κ1) is 12.9. The van der Waals surface area contributed by atoms with Crippen molar-refractivity contribution in [2.24, 2.45) is 0 Å². The lowest BCUT2D eigenvalue weighted by Gasteiger charge is -2.11. The van der Waals surface area contributed by atoms with E-state index in [2.05, 4.69) is 6.92 Å². The average molecular weight is 271 g/mol. The Morgan fingerprint density at radius 1 is 1.41 bits per heavy atom. The lowest BCUT2D eigenvalue weighted by Crippen LogP contribution is -1.99. The van der Waals surface area contributed by atoms with E-state index in [9.17, 15) is 10.1 Å². The van der Waals surface area contributed by atoms with E-state index in [4.69, 9.17) is 0 Å².